The van der Waals surface area contributed by atoms with E-state index in [1.54, 1.807) is 0 Å². The van der Waals surface area contributed by atoms with Gasteiger partial charge in [0.15, 0.2) is 0 Å². The van der Waals surface area contributed by atoms with Gasteiger partial charge in [0.05, 0.1) is 6.20 Å². The molecule has 1 rings (SSSR count). The summed E-state index contributed by atoms with van der Waals surface area (Å²) in [7, 11) is 0. The zero-order valence-electron chi connectivity index (χ0n) is 7.79. The minimum atomic E-state index is -1.07. The number of carbonyl (C=O) groups excluding carboxylic acids is 1. The van der Waals surface area contributed by atoms with Crippen molar-refractivity contribution in [1.29, 1.82) is 0 Å². The van der Waals surface area contributed by atoms with Gasteiger partial charge in [-0.3, -0.25) is 9.59 Å². The van der Waals surface area contributed by atoms with Gasteiger partial charge in [-0.15, -0.1) is 11.7 Å². The van der Waals surface area contributed by atoms with E-state index in [2.05, 4.69) is 16.2 Å². The van der Waals surface area contributed by atoms with Crippen LogP contribution in [0.2, 0.25) is 0 Å². The van der Waals surface area contributed by atoms with Gasteiger partial charge in [0.2, 0.25) is 0 Å². The van der Waals surface area contributed by atoms with Crippen LogP contribution in [-0.2, 0) is 4.79 Å². The Morgan fingerprint density at radius 3 is 2.87 bits per heavy atom. The van der Waals surface area contributed by atoms with Crippen molar-refractivity contribution < 1.29 is 14.7 Å². The van der Waals surface area contributed by atoms with E-state index in [4.69, 9.17) is 5.11 Å². The lowest BCUT2D eigenvalue weighted by Gasteiger charge is -2.16. The third-order valence-corrected chi connectivity index (χ3v) is 2.19. The number of amides is 1. The Labute approximate surface area is 90.0 Å². The maximum atomic E-state index is 11.7. The highest BCUT2D eigenvalue weighted by Crippen LogP contribution is 2.07. The molecule has 15 heavy (non-hydrogen) atoms. The fourth-order valence-corrected chi connectivity index (χ4v) is 1.44. The Kier molecular flexibility index (Phi) is 3.92. The van der Waals surface area contributed by atoms with E-state index in [9.17, 15) is 9.59 Å². The minimum Gasteiger partial charge on any atom is -0.480 e. The van der Waals surface area contributed by atoms with E-state index in [1.807, 2.05) is 0 Å². The van der Waals surface area contributed by atoms with Gasteiger partial charge in [0, 0.05) is 6.54 Å². The van der Waals surface area contributed by atoms with Crippen molar-refractivity contribution in [2.45, 2.75) is 0 Å². The molecule has 1 N–H and O–H groups in total. The molecule has 7 heteroatoms. The molecule has 0 unspecified atom stereocenters. The topological polar surface area (TPSA) is 83.4 Å². The van der Waals surface area contributed by atoms with Crippen LogP contribution in [0, 0.1) is 0 Å². The number of rotatable bonds is 5. The number of aliphatic carboxylic acids is 1. The molecule has 1 aromatic heterocycles. The van der Waals surface area contributed by atoms with Crippen LogP contribution in [0.4, 0.5) is 0 Å². The van der Waals surface area contributed by atoms with Gasteiger partial charge in [-0.2, -0.15) is 0 Å². The van der Waals surface area contributed by atoms with Crippen molar-refractivity contribution in [2.75, 3.05) is 13.1 Å². The standard InChI is InChI=1S/C8H9N3O3S/c1-2-3-11(5-7(12)13)8(14)6-4-9-10-15-6/h2,4H,1,3,5H2,(H,12,13). The van der Waals surface area contributed by atoms with Crippen LogP contribution < -0.4 is 0 Å². The monoisotopic (exact) mass is 227 g/mol. The number of hydrogen-bond donors (Lipinski definition) is 1. The lowest BCUT2D eigenvalue weighted by molar-refractivity contribution is -0.137. The van der Waals surface area contributed by atoms with Crippen LogP contribution in [0.25, 0.3) is 0 Å². The molecule has 1 amide bonds. The lowest BCUT2D eigenvalue weighted by Crippen LogP contribution is -2.35. The minimum absolute atomic E-state index is 0.184. The number of carbonyl (C=O) groups is 2. The van der Waals surface area contributed by atoms with Crippen LogP contribution in [0.15, 0.2) is 18.9 Å². The molecular formula is C8H9N3O3S. The molecule has 0 radical (unpaired) electrons. The van der Waals surface area contributed by atoms with Crippen LogP contribution in [0.3, 0.4) is 0 Å². The van der Waals surface area contributed by atoms with Crippen molar-refractivity contribution in [3.05, 3.63) is 23.7 Å². The maximum absolute atomic E-state index is 11.7. The van der Waals surface area contributed by atoms with Gasteiger partial charge in [-0.25, -0.2) is 0 Å². The second-order valence-corrected chi connectivity index (χ2v) is 3.44. The predicted octanol–water partition coefficient (Wildman–Crippen LogP) is 0.251. The molecule has 80 valence electrons. The molecule has 0 atom stereocenters. The van der Waals surface area contributed by atoms with E-state index < -0.39 is 11.9 Å². The summed E-state index contributed by atoms with van der Waals surface area (Å²) in [5.74, 6) is -1.46. The first kappa shape index (κ1) is 11.3. The fourth-order valence-electron chi connectivity index (χ4n) is 0.956. The van der Waals surface area contributed by atoms with E-state index in [0.717, 1.165) is 16.4 Å². The van der Waals surface area contributed by atoms with Crippen LogP contribution in [-0.4, -0.2) is 44.6 Å². The molecule has 0 aliphatic rings. The SMILES string of the molecule is C=CCN(CC(=O)O)C(=O)c1cnns1. The Bertz CT molecular complexity index is 363. The Morgan fingerprint density at radius 1 is 1.67 bits per heavy atom. The lowest BCUT2D eigenvalue weighted by atomic mass is 10.4. The number of carboxylic acids is 1. The highest BCUT2D eigenvalue weighted by Gasteiger charge is 2.18. The number of nitrogens with zero attached hydrogens (tertiary/aromatic N) is 3. The Balaban J connectivity index is 2.75. The smallest absolute Gasteiger partial charge is 0.323 e. The first-order chi connectivity index (χ1) is 7.15. The number of carboxylic acid groups (broad SMARTS) is 1. The average Bonchev–Trinajstić information content (AvgIpc) is 2.68. The van der Waals surface area contributed by atoms with Crippen molar-refractivity contribution in [2.24, 2.45) is 0 Å². The molecule has 1 aromatic rings. The highest BCUT2D eigenvalue weighted by atomic mass is 32.1. The summed E-state index contributed by atoms with van der Waals surface area (Å²) in [6, 6.07) is 0. The van der Waals surface area contributed by atoms with Gasteiger partial charge >= 0.3 is 5.97 Å². The molecular weight excluding hydrogens is 218 g/mol. The maximum Gasteiger partial charge on any atom is 0.323 e. The summed E-state index contributed by atoms with van der Waals surface area (Å²) >= 11 is 0.933. The molecule has 0 aliphatic heterocycles. The van der Waals surface area contributed by atoms with Crippen LogP contribution in [0.5, 0.6) is 0 Å². The predicted molar refractivity (Wildman–Crippen MR) is 53.6 cm³/mol. The van der Waals surface area contributed by atoms with Crippen molar-refractivity contribution in [3.63, 3.8) is 0 Å². The molecule has 0 fully saturated rings. The summed E-state index contributed by atoms with van der Waals surface area (Å²) in [4.78, 5) is 23.7. The Morgan fingerprint density at radius 2 is 2.40 bits per heavy atom. The van der Waals surface area contributed by atoms with Crippen LogP contribution in [0.1, 0.15) is 9.67 Å². The Hall–Kier alpha value is -1.76. The van der Waals surface area contributed by atoms with Crippen molar-refractivity contribution in [1.82, 2.24) is 14.5 Å². The van der Waals surface area contributed by atoms with E-state index >= 15 is 0 Å². The molecule has 0 spiro atoms. The van der Waals surface area contributed by atoms with Gasteiger partial charge in [-0.1, -0.05) is 10.6 Å². The molecule has 0 aliphatic carbocycles. The second kappa shape index (κ2) is 5.20. The molecule has 0 aromatic carbocycles. The highest BCUT2D eigenvalue weighted by molar-refractivity contribution is 7.07. The van der Waals surface area contributed by atoms with Crippen molar-refractivity contribution >= 4 is 23.4 Å². The fraction of sp³-hybridized carbons (Fsp3) is 0.250. The van der Waals surface area contributed by atoms with Gasteiger partial charge in [-0.05, 0) is 11.5 Å². The first-order valence-electron chi connectivity index (χ1n) is 4.04. The average molecular weight is 227 g/mol. The number of hydrogen-bond acceptors (Lipinski definition) is 5. The third-order valence-electron chi connectivity index (χ3n) is 1.53. The van der Waals surface area contributed by atoms with Crippen LogP contribution >= 0.6 is 11.5 Å². The zero-order valence-corrected chi connectivity index (χ0v) is 8.61. The third kappa shape index (κ3) is 3.13. The van der Waals surface area contributed by atoms with Gasteiger partial charge in [0.1, 0.15) is 11.4 Å². The zero-order chi connectivity index (χ0) is 11.3. The normalized spacial score (nSPS) is 9.60. The summed E-state index contributed by atoms with van der Waals surface area (Å²) in [5.41, 5.74) is 0. The molecule has 0 saturated heterocycles. The van der Waals surface area contributed by atoms with E-state index in [1.165, 1.54) is 12.3 Å². The molecule has 1 heterocycles. The van der Waals surface area contributed by atoms with Gasteiger partial charge in [0.25, 0.3) is 5.91 Å². The molecule has 0 bridgehead atoms. The van der Waals surface area contributed by atoms with Gasteiger partial charge < -0.3 is 10.0 Å². The molecule has 6 nitrogen and oxygen atoms in total. The quantitative estimate of drug-likeness (QED) is 0.729. The second-order valence-electron chi connectivity index (χ2n) is 2.65. The number of aromatic nitrogens is 2. The largest absolute Gasteiger partial charge is 0.480 e. The van der Waals surface area contributed by atoms with Crippen molar-refractivity contribution in [3.8, 4) is 0 Å². The molecule has 0 saturated carbocycles. The summed E-state index contributed by atoms with van der Waals surface area (Å²) in [5, 5.41) is 12.1. The summed E-state index contributed by atoms with van der Waals surface area (Å²) < 4.78 is 3.54. The summed E-state index contributed by atoms with van der Waals surface area (Å²) in [6.07, 6.45) is 2.78. The summed E-state index contributed by atoms with van der Waals surface area (Å²) in [6.45, 7) is 3.28. The van der Waals surface area contributed by atoms with E-state index in [-0.39, 0.29) is 13.1 Å². The van der Waals surface area contributed by atoms with E-state index in [0.29, 0.717) is 4.88 Å². The first-order valence-corrected chi connectivity index (χ1v) is 4.81.